The molecule has 1 N–H and O–H groups in total. The number of para-hydroxylation sites is 1. The molecule has 3 nitrogen and oxygen atoms in total. The maximum absolute atomic E-state index is 5.90. The van der Waals surface area contributed by atoms with E-state index < -0.39 is 0 Å². The Labute approximate surface area is 133 Å². The van der Waals surface area contributed by atoms with Crippen molar-refractivity contribution >= 4 is 5.69 Å². The van der Waals surface area contributed by atoms with Gasteiger partial charge in [-0.05, 0) is 48.7 Å². The number of anilines is 1. The van der Waals surface area contributed by atoms with Crippen LogP contribution in [0.1, 0.15) is 32.3 Å². The van der Waals surface area contributed by atoms with Crippen LogP contribution in [0.4, 0.5) is 5.69 Å². The number of hydrogen-bond donors (Lipinski definition) is 1. The van der Waals surface area contributed by atoms with E-state index in [2.05, 4.69) is 31.3 Å². The monoisotopic (exact) mass is 299 g/mol. The van der Waals surface area contributed by atoms with Crippen molar-refractivity contribution in [3.05, 3.63) is 54.1 Å². The molecule has 0 amide bonds. The Kier molecular flexibility index (Phi) is 6.13. The molecule has 0 spiro atoms. The largest absolute Gasteiger partial charge is 0.494 e. The lowest BCUT2D eigenvalue weighted by Gasteiger charge is -2.14. The van der Waals surface area contributed by atoms with E-state index in [0.29, 0.717) is 19.1 Å². The maximum Gasteiger partial charge on any atom is 0.122 e. The van der Waals surface area contributed by atoms with Crippen molar-refractivity contribution in [2.75, 3.05) is 25.1 Å². The van der Waals surface area contributed by atoms with Crippen LogP contribution >= 0.6 is 0 Å². The zero-order chi connectivity index (χ0) is 15.8. The van der Waals surface area contributed by atoms with Gasteiger partial charge in [-0.25, -0.2) is 0 Å². The summed E-state index contributed by atoms with van der Waals surface area (Å²) in [5, 5.41) is 3.35. The van der Waals surface area contributed by atoms with Crippen molar-refractivity contribution in [2.45, 2.75) is 26.7 Å². The zero-order valence-corrected chi connectivity index (χ0v) is 13.6. The Morgan fingerprint density at radius 1 is 0.955 bits per heavy atom. The summed E-state index contributed by atoms with van der Waals surface area (Å²) >= 11 is 0. The van der Waals surface area contributed by atoms with Gasteiger partial charge in [0.15, 0.2) is 0 Å². The zero-order valence-electron chi connectivity index (χ0n) is 13.6. The SMILES string of the molecule is CCOc1ccc(NCCOc2ccccc2C(C)C)cc1. The lowest BCUT2D eigenvalue weighted by Crippen LogP contribution is -2.12. The highest BCUT2D eigenvalue weighted by Gasteiger charge is 2.06. The molecule has 0 aromatic heterocycles. The van der Waals surface area contributed by atoms with Crippen LogP contribution < -0.4 is 14.8 Å². The fourth-order valence-electron chi connectivity index (χ4n) is 2.28. The average molecular weight is 299 g/mol. The number of ether oxygens (including phenoxy) is 2. The van der Waals surface area contributed by atoms with Gasteiger partial charge in [-0.3, -0.25) is 0 Å². The van der Waals surface area contributed by atoms with Gasteiger partial charge in [-0.2, -0.15) is 0 Å². The Morgan fingerprint density at radius 2 is 1.68 bits per heavy atom. The van der Waals surface area contributed by atoms with E-state index in [1.54, 1.807) is 0 Å². The summed E-state index contributed by atoms with van der Waals surface area (Å²) in [7, 11) is 0. The molecule has 0 saturated carbocycles. The molecule has 0 radical (unpaired) electrons. The molecule has 0 aliphatic carbocycles. The molecule has 0 atom stereocenters. The number of nitrogens with one attached hydrogen (secondary N) is 1. The van der Waals surface area contributed by atoms with Gasteiger partial charge in [-0.1, -0.05) is 32.0 Å². The minimum absolute atomic E-state index is 0.468. The van der Waals surface area contributed by atoms with Crippen LogP contribution in [0, 0.1) is 0 Å². The molecule has 118 valence electrons. The molecule has 0 unspecified atom stereocenters. The van der Waals surface area contributed by atoms with Crippen LogP contribution in [0.25, 0.3) is 0 Å². The Hall–Kier alpha value is -2.16. The van der Waals surface area contributed by atoms with E-state index >= 15 is 0 Å². The van der Waals surface area contributed by atoms with Gasteiger partial charge in [0.1, 0.15) is 18.1 Å². The average Bonchev–Trinajstić information content (AvgIpc) is 2.53. The number of rotatable bonds is 8. The first-order chi connectivity index (χ1) is 10.7. The van der Waals surface area contributed by atoms with Gasteiger partial charge in [0.2, 0.25) is 0 Å². The normalized spacial score (nSPS) is 10.5. The van der Waals surface area contributed by atoms with Crippen LogP contribution in [-0.2, 0) is 0 Å². The molecule has 0 bridgehead atoms. The van der Waals surface area contributed by atoms with Crippen molar-refractivity contribution in [3.8, 4) is 11.5 Å². The lowest BCUT2D eigenvalue weighted by molar-refractivity contribution is 0.328. The van der Waals surface area contributed by atoms with E-state index in [9.17, 15) is 0 Å². The molecule has 0 saturated heterocycles. The molecular formula is C19H25NO2. The maximum atomic E-state index is 5.90. The van der Waals surface area contributed by atoms with Gasteiger partial charge in [0.25, 0.3) is 0 Å². The second kappa shape index (κ2) is 8.32. The van der Waals surface area contributed by atoms with E-state index in [0.717, 1.165) is 23.7 Å². The lowest BCUT2D eigenvalue weighted by atomic mass is 10.0. The van der Waals surface area contributed by atoms with Gasteiger partial charge in [-0.15, -0.1) is 0 Å². The molecule has 3 heteroatoms. The second-order valence-electron chi connectivity index (χ2n) is 5.43. The molecule has 0 heterocycles. The van der Waals surface area contributed by atoms with Crippen LogP contribution in [0.15, 0.2) is 48.5 Å². The first-order valence-corrected chi connectivity index (χ1v) is 7.89. The highest BCUT2D eigenvalue weighted by molar-refractivity contribution is 5.46. The van der Waals surface area contributed by atoms with Crippen molar-refractivity contribution < 1.29 is 9.47 Å². The quantitative estimate of drug-likeness (QED) is 0.717. The third-order valence-corrected chi connectivity index (χ3v) is 3.40. The fourth-order valence-corrected chi connectivity index (χ4v) is 2.28. The summed E-state index contributed by atoms with van der Waals surface area (Å²) < 4.78 is 11.3. The van der Waals surface area contributed by atoms with Crippen molar-refractivity contribution in [1.29, 1.82) is 0 Å². The molecule has 22 heavy (non-hydrogen) atoms. The smallest absolute Gasteiger partial charge is 0.122 e. The predicted molar refractivity (Wildman–Crippen MR) is 92.1 cm³/mol. The first kappa shape index (κ1) is 16.2. The van der Waals surface area contributed by atoms with Crippen LogP contribution in [0.3, 0.4) is 0 Å². The summed E-state index contributed by atoms with van der Waals surface area (Å²) in [6.45, 7) is 8.44. The molecule has 2 aromatic rings. The fraction of sp³-hybridized carbons (Fsp3) is 0.368. The molecule has 2 aromatic carbocycles. The number of hydrogen-bond acceptors (Lipinski definition) is 3. The van der Waals surface area contributed by atoms with Gasteiger partial charge in [0.05, 0.1) is 6.61 Å². The standard InChI is InChI=1S/C19H25NO2/c1-4-21-17-11-9-16(10-12-17)20-13-14-22-19-8-6-5-7-18(19)15(2)3/h5-12,15,20H,4,13-14H2,1-3H3. The van der Waals surface area contributed by atoms with Gasteiger partial charge >= 0.3 is 0 Å². The minimum atomic E-state index is 0.468. The highest BCUT2D eigenvalue weighted by Crippen LogP contribution is 2.25. The van der Waals surface area contributed by atoms with Crippen molar-refractivity contribution in [3.63, 3.8) is 0 Å². The molecular weight excluding hydrogens is 274 g/mol. The van der Waals surface area contributed by atoms with Crippen LogP contribution in [0.5, 0.6) is 11.5 Å². The summed E-state index contributed by atoms with van der Waals surface area (Å²) in [6, 6.07) is 16.2. The minimum Gasteiger partial charge on any atom is -0.494 e. The summed E-state index contributed by atoms with van der Waals surface area (Å²) in [5.41, 5.74) is 2.33. The van der Waals surface area contributed by atoms with Crippen LogP contribution in [0.2, 0.25) is 0 Å². The number of benzene rings is 2. The summed E-state index contributed by atoms with van der Waals surface area (Å²) in [4.78, 5) is 0. The second-order valence-corrected chi connectivity index (χ2v) is 5.43. The van der Waals surface area contributed by atoms with Crippen LogP contribution in [-0.4, -0.2) is 19.8 Å². The topological polar surface area (TPSA) is 30.5 Å². The third-order valence-electron chi connectivity index (χ3n) is 3.40. The molecule has 0 aliphatic rings. The Bertz CT molecular complexity index is 564. The van der Waals surface area contributed by atoms with E-state index in [1.165, 1.54) is 5.56 Å². The molecule has 2 rings (SSSR count). The van der Waals surface area contributed by atoms with Gasteiger partial charge < -0.3 is 14.8 Å². The first-order valence-electron chi connectivity index (χ1n) is 7.89. The third kappa shape index (κ3) is 4.69. The predicted octanol–water partition coefficient (Wildman–Crippen LogP) is 4.70. The Morgan fingerprint density at radius 3 is 2.36 bits per heavy atom. The van der Waals surface area contributed by atoms with Crippen molar-refractivity contribution in [2.24, 2.45) is 0 Å². The molecule has 0 aliphatic heterocycles. The van der Waals surface area contributed by atoms with E-state index in [-0.39, 0.29) is 0 Å². The van der Waals surface area contributed by atoms with E-state index in [4.69, 9.17) is 9.47 Å². The van der Waals surface area contributed by atoms with E-state index in [1.807, 2.05) is 43.3 Å². The Balaban J connectivity index is 1.80. The summed E-state index contributed by atoms with van der Waals surface area (Å²) in [5.74, 6) is 2.34. The summed E-state index contributed by atoms with van der Waals surface area (Å²) in [6.07, 6.45) is 0. The highest BCUT2D eigenvalue weighted by atomic mass is 16.5. The van der Waals surface area contributed by atoms with Crippen molar-refractivity contribution in [1.82, 2.24) is 0 Å². The van der Waals surface area contributed by atoms with Gasteiger partial charge in [0, 0.05) is 12.2 Å². The molecule has 0 fully saturated rings.